The number of hydrogen-bond acceptors (Lipinski definition) is 2. The monoisotopic (exact) mass is 227 g/mol. The number of Topliss-reactive ketones (excluding diaryl/α,β-unsaturated/α-hetero) is 1. The molecular formula is C12H18ClNO. The van der Waals surface area contributed by atoms with Gasteiger partial charge in [-0.2, -0.15) is 0 Å². The highest BCUT2D eigenvalue weighted by Gasteiger charge is 2.13. The fourth-order valence-corrected chi connectivity index (χ4v) is 1.45. The van der Waals surface area contributed by atoms with Gasteiger partial charge in [-0.15, -0.1) is 12.4 Å². The molecule has 0 bridgehead atoms. The Balaban J connectivity index is 0.00000196. The van der Waals surface area contributed by atoms with Crippen LogP contribution in [0.4, 0.5) is 0 Å². The first-order chi connectivity index (χ1) is 6.65. The molecule has 1 rings (SSSR count). The quantitative estimate of drug-likeness (QED) is 0.802. The summed E-state index contributed by atoms with van der Waals surface area (Å²) in [6, 6.07) is 7.61. The van der Waals surface area contributed by atoms with Gasteiger partial charge in [-0.05, 0) is 26.5 Å². The molecule has 0 aliphatic heterocycles. The first-order valence-corrected chi connectivity index (χ1v) is 4.99. The summed E-state index contributed by atoms with van der Waals surface area (Å²) in [4.78, 5) is 11.8. The lowest BCUT2D eigenvalue weighted by molar-refractivity contribution is 0.0952. The molecule has 0 saturated carbocycles. The molecule has 0 amide bonds. The maximum atomic E-state index is 11.8. The molecular weight excluding hydrogens is 210 g/mol. The van der Waals surface area contributed by atoms with Crippen molar-refractivity contribution in [1.82, 2.24) is 5.32 Å². The van der Waals surface area contributed by atoms with Crippen molar-refractivity contribution in [3.63, 3.8) is 0 Å². The van der Waals surface area contributed by atoms with Gasteiger partial charge in [0.05, 0.1) is 6.04 Å². The fourth-order valence-electron chi connectivity index (χ4n) is 1.45. The average Bonchev–Trinajstić information content (AvgIpc) is 2.17. The van der Waals surface area contributed by atoms with Gasteiger partial charge in [-0.3, -0.25) is 4.79 Å². The Labute approximate surface area is 97.5 Å². The van der Waals surface area contributed by atoms with Crippen molar-refractivity contribution in [2.75, 3.05) is 6.54 Å². The van der Waals surface area contributed by atoms with Gasteiger partial charge in [0.1, 0.15) is 0 Å². The van der Waals surface area contributed by atoms with Crippen LogP contribution in [-0.4, -0.2) is 18.4 Å². The molecule has 1 unspecified atom stereocenters. The lowest BCUT2D eigenvalue weighted by Crippen LogP contribution is -2.33. The number of ketones is 1. The molecule has 1 N–H and O–H groups in total. The van der Waals surface area contributed by atoms with Gasteiger partial charge in [0, 0.05) is 5.56 Å². The minimum atomic E-state index is -0.0956. The Hall–Kier alpha value is -0.860. The zero-order chi connectivity index (χ0) is 10.6. The van der Waals surface area contributed by atoms with E-state index in [0.717, 1.165) is 17.7 Å². The highest BCUT2D eigenvalue weighted by molar-refractivity contribution is 5.99. The average molecular weight is 228 g/mol. The van der Waals surface area contributed by atoms with Crippen LogP contribution >= 0.6 is 12.4 Å². The largest absolute Gasteiger partial charge is 0.308 e. The number of carbonyl (C=O) groups excluding carboxylic acids is 1. The van der Waals surface area contributed by atoms with E-state index in [-0.39, 0.29) is 24.2 Å². The van der Waals surface area contributed by atoms with Gasteiger partial charge in [0.25, 0.3) is 0 Å². The van der Waals surface area contributed by atoms with Gasteiger partial charge in [0.15, 0.2) is 5.78 Å². The normalized spacial score (nSPS) is 11.7. The summed E-state index contributed by atoms with van der Waals surface area (Å²) in [5.41, 5.74) is 1.91. The van der Waals surface area contributed by atoms with Crippen LogP contribution in [0.2, 0.25) is 0 Å². The molecule has 84 valence electrons. The Kier molecular flexibility index (Phi) is 6.21. The smallest absolute Gasteiger partial charge is 0.179 e. The molecule has 3 heteroatoms. The first-order valence-electron chi connectivity index (χ1n) is 4.99. The maximum Gasteiger partial charge on any atom is 0.179 e. The summed E-state index contributed by atoms with van der Waals surface area (Å²) in [5.74, 6) is 0.163. The van der Waals surface area contributed by atoms with Crippen LogP contribution in [0.15, 0.2) is 24.3 Å². The molecule has 0 spiro atoms. The second-order valence-electron chi connectivity index (χ2n) is 3.51. The lowest BCUT2D eigenvalue weighted by Gasteiger charge is -2.11. The van der Waals surface area contributed by atoms with Crippen molar-refractivity contribution < 1.29 is 4.79 Å². The number of hydrogen-bond donors (Lipinski definition) is 1. The second kappa shape index (κ2) is 6.59. The standard InChI is InChI=1S/C12H17NO.ClH/c1-4-13-10(3)12(14)11-7-5-6-9(2)8-11;/h5-8,10,13H,4H2,1-3H3;1H. The topological polar surface area (TPSA) is 29.1 Å². The Morgan fingerprint density at radius 3 is 2.67 bits per heavy atom. The third kappa shape index (κ3) is 4.02. The van der Waals surface area contributed by atoms with E-state index in [0.29, 0.717) is 0 Å². The Bertz CT molecular complexity index is 325. The van der Waals surface area contributed by atoms with Crippen LogP contribution in [0.5, 0.6) is 0 Å². The third-order valence-corrected chi connectivity index (χ3v) is 2.21. The predicted octanol–water partition coefficient (Wildman–Crippen LogP) is 2.60. The molecule has 0 aliphatic rings. The van der Waals surface area contributed by atoms with E-state index in [1.807, 2.05) is 45.0 Å². The lowest BCUT2D eigenvalue weighted by atomic mass is 10.0. The number of halogens is 1. The first kappa shape index (κ1) is 14.1. The number of benzene rings is 1. The predicted molar refractivity (Wildman–Crippen MR) is 65.9 cm³/mol. The maximum absolute atomic E-state index is 11.8. The summed E-state index contributed by atoms with van der Waals surface area (Å²) in [6.45, 7) is 6.71. The molecule has 0 heterocycles. The minimum absolute atomic E-state index is 0. The van der Waals surface area contributed by atoms with Crippen LogP contribution in [-0.2, 0) is 0 Å². The zero-order valence-corrected chi connectivity index (χ0v) is 10.2. The van der Waals surface area contributed by atoms with E-state index in [4.69, 9.17) is 0 Å². The van der Waals surface area contributed by atoms with E-state index in [2.05, 4.69) is 5.32 Å². The third-order valence-electron chi connectivity index (χ3n) is 2.21. The van der Waals surface area contributed by atoms with Gasteiger partial charge >= 0.3 is 0 Å². The molecule has 0 saturated heterocycles. The van der Waals surface area contributed by atoms with Gasteiger partial charge in [-0.25, -0.2) is 0 Å². The molecule has 15 heavy (non-hydrogen) atoms. The van der Waals surface area contributed by atoms with Crippen molar-refractivity contribution in [2.24, 2.45) is 0 Å². The van der Waals surface area contributed by atoms with Crippen molar-refractivity contribution in [2.45, 2.75) is 26.8 Å². The SMILES string of the molecule is CCNC(C)C(=O)c1cccc(C)c1.Cl. The van der Waals surface area contributed by atoms with E-state index in [9.17, 15) is 4.79 Å². The minimum Gasteiger partial charge on any atom is -0.308 e. The number of nitrogens with one attached hydrogen (secondary N) is 1. The fraction of sp³-hybridized carbons (Fsp3) is 0.417. The van der Waals surface area contributed by atoms with E-state index in [1.165, 1.54) is 0 Å². The van der Waals surface area contributed by atoms with Crippen molar-refractivity contribution in [3.05, 3.63) is 35.4 Å². The molecule has 0 aromatic heterocycles. The van der Waals surface area contributed by atoms with Crippen LogP contribution in [0.1, 0.15) is 29.8 Å². The summed E-state index contributed by atoms with van der Waals surface area (Å²) in [5, 5.41) is 3.11. The molecule has 0 fully saturated rings. The molecule has 0 aliphatic carbocycles. The van der Waals surface area contributed by atoms with Crippen molar-refractivity contribution in [3.8, 4) is 0 Å². The Morgan fingerprint density at radius 1 is 1.47 bits per heavy atom. The summed E-state index contributed by atoms with van der Waals surface area (Å²) >= 11 is 0. The van der Waals surface area contributed by atoms with Crippen LogP contribution < -0.4 is 5.32 Å². The molecule has 1 atom stereocenters. The number of likely N-dealkylation sites (N-methyl/N-ethyl adjacent to an activating group) is 1. The van der Waals surface area contributed by atoms with Crippen LogP contribution in [0.3, 0.4) is 0 Å². The van der Waals surface area contributed by atoms with E-state index >= 15 is 0 Å². The second-order valence-corrected chi connectivity index (χ2v) is 3.51. The highest BCUT2D eigenvalue weighted by atomic mass is 35.5. The molecule has 0 radical (unpaired) electrons. The van der Waals surface area contributed by atoms with Gasteiger partial charge in [-0.1, -0.05) is 30.7 Å². The van der Waals surface area contributed by atoms with E-state index < -0.39 is 0 Å². The van der Waals surface area contributed by atoms with Crippen molar-refractivity contribution in [1.29, 1.82) is 0 Å². The van der Waals surface area contributed by atoms with Crippen LogP contribution in [0.25, 0.3) is 0 Å². The van der Waals surface area contributed by atoms with Gasteiger partial charge < -0.3 is 5.32 Å². The summed E-state index contributed by atoms with van der Waals surface area (Å²) < 4.78 is 0. The van der Waals surface area contributed by atoms with Crippen LogP contribution in [0, 0.1) is 6.92 Å². The molecule has 2 nitrogen and oxygen atoms in total. The van der Waals surface area contributed by atoms with Gasteiger partial charge in [0.2, 0.25) is 0 Å². The highest BCUT2D eigenvalue weighted by Crippen LogP contribution is 2.06. The summed E-state index contributed by atoms with van der Waals surface area (Å²) in [7, 11) is 0. The number of carbonyl (C=O) groups is 1. The number of aryl methyl sites for hydroxylation is 1. The number of rotatable bonds is 4. The molecule has 1 aromatic rings. The van der Waals surface area contributed by atoms with E-state index in [1.54, 1.807) is 0 Å². The molecule has 1 aromatic carbocycles. The summed E-state index contributed by atoms with van der Waals surface area (Å²) in [6.07, 6.45) is 0. The zero-order valence-electron chi connectivity index (χ0n) is 9.41. The van der Waals surface area contributed by atoms with Crippen molar-refractivity contribution >= 4 is 18.2 Å². The Morgan fingerprint density at radius 2 is 2.13 bits per heavy atom.